The maximum atomic E-state index is 13.9. The van der Waals surface area contributed by atoms with Gasteiger partial charge in [-0.05, 0) is 33.5 Å². The van der Waals surface area contributed by atoms with Crippen LogP contribution in [0.1, 0.15) is 24.8 Å². The van der Waals surface area contributed by atoms with E-state index in [1.165, 1.54) is 0 Å². The van der Waals surface area contributed by atoms with Crippen LogP contribution in [0.2, 0.25) is 0 Å². The lowest BCUT2D eigenvalue weighted by Gasteiger charge is -2.12. The van der Waals surface area contributed by atoms with Gasteiger partial charge in [-0.2, -0.15) is 0 Å². The molecule has 1 aromatic carbocycles. The molecule has 1 aliphatic heterocycles. The first-order valence-electron chi connectivity index (χ1n) is 4.86. The smallest absolute Gasteiger partial charge is 0.231 e. The van der Waals surface area contributed by atoms with Crippen LogP contribution in [0, 0.1) is 5.82 Å². The van der Waals surface area contributed by atoms with E-state index in [4.69, 9.17) is 9.47 Å². The van der Waals surface area contributed by atoms with Crippen LogP contribution in [-0.4, -0.2) is 13.1 Å². The largest absolute Gasteiger partial charge is 0.454 e. The maximum Gasteiger partial charge on any atom is 0.231 e. The molecule has 1 unspecified atom stereocenters. The van der Waals surface area contributed by atoms with Crippen molar-refractivity contribution in [2.75, 3.05) is 6.79 Å². The van der Waals surface area contributed by atoms with Gasteiger partial charge in [0.05, 0.1) is 4.47 Å². The fourth-order valence-corrected chi connectivity index (χ4v) is 2.17. The Morgan fingerprint density at radius 3 is 3.06 bits per heavy atom. The van der Waals surface area contributed by atoms with Crippen molar-refractivity contribution in [3.8, 4) is 11.5 Å². The van der Waals surface area contributed by atoms with Crippen LogP contribution < -0.4 is 9.47 Å². The minimum Gasteiger partial charge on any atom is -0.454 e. The quantitative estimate of drug-likeness (QED) is 0.802. The number of hydrogen-bond donors (Lipinski definition) is 0. The number of carbonyl (C=O) groups excluding carboxylic acids is 1. The molecule has 3 nitrogen and oxygen atoms in total. The second kappa shape index (κ2) is 4.41. The first-order valence-corrected chi connectivity index (χ1v) is 5.65. The third-order valence-electron chi connectivity index (χ3n) is 2.55. The second-order valence-corrected chi connectivity index (χ2v) is 4.42. The first kappa shape index (κ1) is 11.4. The van der Waals surface area contributed by atoms with Gasteiger partial charge in [0.2, 0.25) is 6.79 Å². The van der Waals surface area contributed by atoms with E-state index in [2.05, 4.69) is 15.9 Å². The molecule has 1 heterocycles. The highest BCUT2D eigenvalue weighted by atomic mass is 79.9. The maximum absolute atomic E-state index is 13.9. The fourth-order valence-electron chi connectivity index (χ4n) is 1.63. The number of carbonyl (C=O) groups is 1. The summed E-state index contributed by atoms with van der Waals surface area (Å²) in [5.41, 5.74) is 0.461. The summed E-state index contributed by atoms with van der Waals surface area (Å²) in [6.45, 7) is 1.89. The molecular formula is C11H10BrFO3. The number of halogens is 2. The first-order chi connectivity index (χ1) is 7.65. The van der Waals surface area contributed by atoms with Gasteiger partial charge in [0.25, 0.3) is 0 Å². The standard InChI is InChI=1S/C11H10BrFO3/c1-6(2-3-14)7-4-8-11(16-5-15-8)9(12)10(7)13/h3-4,6H,2,5H2,1H3. The molecule has 0 bridgehead atoms. The van der Waals surface area contributed by atoms with E-state index in [0.29, 0.717) is 17.1 Å². The summed E-state index contributed by atoms with van der Waals surface area (Å²) in [6, 6.07) is 1.59. The number of hydrogen-bond acceptors (Lipinski definition) is 3. The second-order valence-electron chi connectivity index (χ2n) is 3.63. The summed E-state index contributed by atoms with van der Waals surface area (Å²) < 4.78 is 24.5. The van der Waals surface area contributed by atoms with E-state index in [1.54, 1.807) is 13.0 Å². The number of fused-ring (bicyclic) bond motifs is 1. The van der Waals surface area contributed by atoms with Gasteiger partial charge in [0.15, 0.2) is 11.5 Å². The van der Waals surface area contributed by atoms with E-state index in [-0.39, 0.29) is 23.6 Å². The summed E-state index contributed by atoms with van der Waals surface area (Å²) in [7, 11) is 0. The van der Waals surface area contributed by atoms with E-state index in [9.17, 15) is 9.18 Å². The zero-order chi connectivity index (χ0) is 11.7. The highest BCUT2D eigenvalue weighted by Crippen LogP contribution is 2.43. The monoisotopic (exact) mass is 288 g/mol. The third kappa shape index (κ3) is 1.80. The molecule has 1 aliphatic rings. The average Bonchev–Trinajstić information content (AvgIpc) is 2.71. The molecule has 86 valence electrons. The van der Waals surface area contributed by atoms with Crippen LogP contribution in [-0.2, 0) is 4.79 Å². The zero-order valence-corrected chi connectivity index (χ0v) is 10.2. The van der Waals surface area contributed by atoms with Crippen molar-refractivity contribution >= 4 is 22.2 Å². The molecule has 0 spiro atoms. The molecule has 1 aromatic rings. The van der Waals surface area contributed by atoms with Crippen LogP contribution in [0.5, 0.6) is 11.5 Å². The lowest BCUT2D eigenvalue weighted by atomic mass is 9.97. The highest BCUT2D eigenvalue weighted by Gasteiger charge is 2.25. The Kier molecular flexibility index (Phi) is 3.14. The zero-order valence-electron chi connectivity index (χ0n) is 8.63. The van der Waals surface area contributed by atoms with Gasteiger partial charge in [-0.3, -0.25) is 0 Å². The predicted molar refractivity (Wildman–Crippen MR) is 59.3 cm³/mol. The molecule has 16 heavy (non-hydrogen) atoms. The lowest BCUT2D eigenvalue weighted by molar-refractivity contribution is -0.108. The Morgan fingerprint density at radius 2 is 2.38 bits per heavy atom. The highest BCUT2D eigenvalue weighted by molar-refractivity contribution is 9.10. The minimum atomic E-state index is -0.390. The van der Waals surface area contributed by atoms with E-state index < -0.39 is 5.82 Å². The van der Waals surface area contributed by atoms with Crippen LogP contribution >= 0.6 is 15.9 Å². The summed E-state index contributed by atoms with van der Waals surface area (Å²) in [4.78, 5) is 10.4. The van der Waals surface area contributed by atoms with Gasteiger partial charge >= 0.3 is 0 Å². The van der Waals surface area contributed by atoms with Gasteiger partial charge in [-0.15, -0.1) is 0 Å². The van der Waals surface area contributed by atoms with Crippen molar-refractivity contribution < 1.29 is 18.7 Å². The van der Waals surface area contributed by atoms with Crippen LogP contribution in [0.25, 0.3) is 0 Å². The predicted octanol–water partition coefficient (Wildman–Crippen LogP) is 3.01. The Labute approximate surface area is 101 Å². The van der Waals surface area contributed by atoms with Gasteiger partial charge in [-0.1, -0.05) is 6.92 Å². The van der Waals surface area contributed by atoms with Gasteiger partial charge in [-0.25, -0.2) is 4.39 Å². The molecule has 0 N–H and O–H groups in total. The number of rotatable bonds is 3. The Balaban J connectivity index is 2.47. The van der Waals surface area contributed by atoms with Gasteiger partial charge < -0.3 is 14.3 Å². The molecule has 0 aliphatic carbocycles. The minimum absolute atomic E-state index is 0.0961. The van der Waals surface area contributed by atoms with Crippen molar-refractivity contribution in [3.05, 3.63) is 21.9 Å². The molecule has 0 radical (unpaired) electrons. The van der Waals surface area contributed by atoms with Crippen LogP contribution in [0.15, 0.2) is 10.5 Å². The normalized spacial score (nSPS) is 14.9. The molecule has 0 fully saturated rings. The molecule has 0 amide bonds. The van der Waals surface area contributed by atoms with Crippen LogP contribution in [0.3, 0.4) is 0 Å². The molecule has 2 rings (SSSR count). The SMILES string of the molecule is CC(CC=O)c1cc2c(c(Br)c1F)OCO2. The van der Waals surface area contributed by atoms with E-state index >= 15 is 0 Å². The molecular weight excluding hydrogens is 279 g/mol. The van der Waals surface area contributed by atoms with Gasteiger partial charge in [0.1, 0.15) is 12.1 Å². The van der Waals surface area contributed by atoms with Crippen molar-refractivity contribution in [1.82, 2.24) is 0 Å². The average molecular weight is 289 g/mol. The summed E-state index contributed by atoms with van der Waals surface area (Å²) >= 11 is 3.13. The van der Waals surface area contributed by atoms with Crippen molar-refractivity contribution in [1.29, 1.82) is 0 Å². The van der Waals surface area contributed by atoms with Crippen molar-refractivity contribution in [2.45, 2.75) is 19.3 Å². The van der Waals surface area contributed by atoms with Crippen molar-refractivity contribution in [3.63, 3.8) is 0 Å². The third-order valence-corrected chi connectivity index (χ3v) is 3.26. The summed E-state index contributed by atoms with van der Waals surface area (Å²) in [6.07, 6.45) is 1.06. The molecule has 5 heteroatoms. The van der Waals surface area contributed by atoms with Crippen molar-refractivity contribution in [2.24, 2.45) is 0 Å². The lowest BCUT2D eigenvalue weighted by Crippen LogP contribution is -1.99. The summed E-state index contributed by atoms with van der Waals surface area (Å²) in [5, 5.41) is 0. The van der Waals surface area contributed by atoms with E-state index in [0.717, 1.165) is 6.29 Å². The van der Waals surface area contributed by atoms with E-state index in [1.807, 2.05) is 0 Å². The molecule has 1 atom stereocenters. The number of aldehydes is 1. The molecule has 0 saturated heterocycles. The topological polar surface area (TPSA) is 35.5 Å². The Hall–Kier alpha value is -1.10. The fraction of sp³-hybridized carbons (Fsp3) is 0.364. The van der Waals surface area contributed by atoms with Crippen LogP contribution in [0.4, 0.5) is 4.39 Å². The molecule has 0 aromatic heterocycles. The molecule has 0 saturated carbocycles. The number of benzene rings is 1. The summed E-state index contributed by atoms with van der Waals surface area (Å²) in [5.74, 6) is 0.336. The Bertz CT molecular complexity index is 434. The van der Waals surface area contributed by atoms with Gasteiger partial charge in [0, 0.05) is 6.42 Å². The number of ether oxygens (including phenoxy) is 2. The Morgan fingerprint density at radius 1 is 1.62 bits per heavy atom.